The molecule has 0 radical (unpaired) electrons. The maximum absolute atomic E-state index is 11.8. The molecule has 2 rings (SSSR count). The summed E-state index contributed by atoms with van der Waals surface area (Å²) in [7, 11) is 0. The van der Waals surface area contributed by atoms with Crippen molar-refractivity contribution < 1.29 is 15.3 Å². The van der Waals surface area contributed by atoms with E-state index in [-0.39, 0.29) is 12.3 Å². The Labute approximate surface area is 110 Å². The Hall–Kier alpha value is -2.40. The van der Waals surface area contributed by atoms with Crippen molar-refractivity contribution in [1.82, 2.24) is 0 Å². The molecule has 0 unspecified atom stereocenters. The molecular weight excluding hydrogens is 242 g/mol. The van der Waals surface area contributed by atoms with Crippen molar-refractivity contribution >= 4 is 28.3 Å². The first-order chi connectivity index (χ1) is 9.06. The quantitative estimate of drug-likeness (QED) is 0.733. The van der Waals surface area contributed by atoms with Crippen LogP contribution in [0.15, 0.2) is 42.5 Å². The zero-order valence-electron chi connectivity index (χ0n) is 10.4. The van der Waals surface area contributed by atoms with E-state index in [1.807, 2.05) is 42.5 Å². The lowest BCUT2D eigenvalue weighted by atomic mass is 10.1. The summed E-state index contributed by atoms with van der Waals surface area (Å²) in [4.78, 5) is 22.5. The van der Waals surface area contributed by atoms with Crippen LogP contribution in [0.3, 0.4) is 0 Å². The van der Waals surface area contributed by atoms with E-state index in [9.17, 15) is 9.59 Å². The van der Waals surface area contributed by atoms with Gasteiger partial charge in [-0.05, 0) is 22.9 Å². The molecule has 2 amide bonds. The first-order valence-corrected chi connectivity index (χ1v) is 5.97. The van der Waals surface area contributed by atoms with Gasteiger partial charge in [-0.1, -0.05) is 30.3 Å². The molecule has 5 heteroatoms. The lowest BCUT2D eigenvalue weighted by Gasteiger charge is -2.09. The van der Waals surface area contributed by atoms with Crippen molar-refractivity contribution in [2.75, 3.05) is 5.32 Å². The van der Waals surface area contributed by atoms with Crippen molar-refractivity contribution in [2.45, 2.75) is 12.5 Å². The second-order valence-electron chi connectivity index (χ2n) is 4.42. The molecule has 0 aliphatic rings. The standard InChI is InChI=1S/C14H15N3O2/c15-12(8-13(16)18)14(19)17-11-6-5-9-3-1-2-4-10(9)7-11/h1-7,12H,8,15H2,(H2,16,18)(H,17,19)/p+1/t12-/m1/s1. The molecule has 5 nitrogen and oxygen atoms in total. The fourth-order valence-electron chi connectivity index (χ4n) is 1.85. The molecular formula is C14H16N3O2+. The predicted octanol–water partition coefficient (Wildman–Crippen LogP) is 0.264. The van der Waals surface area contributed by atoms with Gasteiger partial charge in [0, 0.05) is 5.69 Å². The fourth-order valence-corrected chi connectivity index (χ4v) is 1.85. The summed E-state index contributed by atoms with van der Waals surface area (Å²) in [6, 6.07) is 12.8. The number of rotatable bonds is 4. The lowest BCUT2D eigenvalue weighted by molar-refractivity contribution is -0.401. The molecule has 2 aromatic rings. The fraction of sp³-hybridized carbons (Fsp3) is 0.143. The number of nitrogens with one attached hydrogen (secondary N) is 1. The highest BCUT2D eigenvalue weighted by atomic mass is 16.2. The number of hydrogen-bond donors (Lipinski definition) is 3. The molecule has 1 atom stereocenters. The van der Waals surface area contributed by atoms with Gasteiger partial charge >= 0.3 is 0 Å². The Kier molecular flexibility index (Phi) is 3.77. The van der Waals surface area contributed by atoms with Gasteiger partial charge in [0.2, 0.25) is 5.91 Å². The van der Waals surface area contributed by atoms with Gasteiger partial charge < -0.3 is 16.8 Å². The van der Waals surface area contributed by atoms with Crippen molar-refractivity contribution in [3.63, 3.8) is 0 Å². The van der Waals surface area contributed by atoms with Gasteiger partial charge in [0.1, 0.15) is 0 Å². The van der Waals surface area contributed by atoms with Gasteiger partial charge in [-0.25, -0.2) is 0 Å². The minimum atomic E-state index is -0.677. The van der Waals surface area contributed by atoms with Gasteiger partial charge in [-0.15, -0.1) is 0 Å². The minimum Gasteiger partial charge on any atom is -0.369 e. The second-order valence-corrected chi connectivity index (χ2v) is 4.42. The Balaban J connectivity index is 2.12. The van der Waals surface area contributed by atoms with E-state index in [1.165, 1.54) is 0 Å². The third-order valence-corrected chi connectivity index (χ3v) is 2.84. The molecule has 0 aromatic heterocycles. The van der Waals surface area contributed by atoms with Crippen LogP contribution in [-0.2, 0) is 9.59 Å². The third-order valence-electron chi connectivity index (χ3n) is 2.84. The van der Waals surface area contributed by atoms with Crippen LogP contribution in [0.25, 0.3) is 10.8 Å². The second kappa shape index (κ2) is 5.49. The maximum Gasteiger partial charge on any atom is 0.283 e. The van der Waals surface area contributed by atoms with E-state index in [1.54, 1.807) is 0 Å². The van der Waals surface area contributed by atoms with Crippen molar-refractivity contribution in [1.29, 1.82) is 0 Å². The normalized spacial score (nSPS) is 12.1. The van der Waals surface area contributed by atoms with Crippen LogP contribution < -0.4 is 16.8 Å². The number of carbonyl (C=O) groups is 2. The van der Waals surface area contributed by atoms with Crippen LogP contribution in [0, 0.1) is 0 Å². The largest absolute Gasteiger partial charge is 0.369 e. The van der Waals surface area contributed by atoms with Crippen molar-refractivity contribution in [2.24, 2.45) is 5.73 Å². The zero-order valence-corrected chi connectivity index (χ0v) is 10.4. The number of quaternary nitrogens is 1. The number of carbonyl (C=O) groups excluding carboxylic acids is 2. The Morgan fingerprint density at radius 1 is 1.16 bits per heavy atom. The van der Waals surface area contributed by atoms with E-state index >= 15 is 0 Å². The van der Waals surface area contributed by atoms with Gasteiger partial charge in [-0.3, -0.25) is 9.59 Å². The van der Waals surface area contributed by atoms with Gasteiger partial charge in [0.25, 0.3) is 5.91 Å². The first kappa shape index (κ1) is 13.0. The number of anilines is 1. The number of benzene rings is 2. The molecule has 2 aromatic carbocycles. The molecule has 0 aliphatic carbocycles. The van der Waals surface area contributed by atoms with E-state index in [0.717, 1.165) is 10.8 Å². The van der Waals surface area contributed by atoms with Gasteiger partial charge in [-0.2, -0.15) is 0 Å². The van der Waals surface area contributed by atoms with E-state index in [4.69, 9.17) is 5.73 Å². The highest BCUT2D eigenvalue weighted by Crippen LogP contribution is 2.18. The van der Waals surface area contributed by atoms with E-state index in [0.29, 0.717) is 5.69 Å². The summed E-state index contributed by atoms with van der Waals surface area (Å²) in [5.74, 6) is -0.845. The van der Waals surface area contributed by atoms with Crippen LogP contribution in [-0.4, -0.2) is 17.9 Å². The van der Waals surface area contributed by atoms with Crippen LogP contribution in [0.2, 0.25) is 0 Å². The molecule has 0 spiro atoms. The van der Waals surface area contributed by atoms with Gasteiger partial charge in [0.05, 0.1) is 6.42 Å². The molecule has 0 saturated heterocycles. The van der Waals surface area contributed by atoms with Crippen LogP contribution in [0.4, 0.5) is 5.69 Å². The average Bonchev–Trinajstić information content (AvgIpc) is 2.37. The molecule has 6 N–H and O–H groups in total. The Bertz CT molecular complexity index is 625. The first-order valence-electron chi connectivity index (χ1n) is 5.97. The molecule has 19 heavy (non-hydrogen) atoms. The van der Waals surface area contributed by atoms with Crippen molar-refractivity contribution in [3.05, 3.63) is 42.5 Å². The Morgan fingerprint density at radius 2 is 1.84 bits per heavy atom. The van der Waals surface area contributed by atoms with Crippen molar-refractivity contribution in [3.8, 4) is 0 Å². The maximum atomic E-state index is 11.8. The number of nitrogens with two attached hydrogens (primary N) is 1. The number of fused-ring (bicyclic) bond motifs is 1. The smallest absolute Gasteiger partial charge is 0.283 e. The number of primary amides is 1. The van der Waals surface area contributed by atoms with Gasteiger partial charge in [0.15, 0.2) is 6.04 Å². The molecule has 98 valence electrons. The number of amides is 2. The molecule has 0 bridgehead atoms. The number of hydrogen-bond acceptors (Lipinski definition) is 2. The SMILES string of the molecule is NC(=O)C[C@@H]([NH3+])C(=O)Nc1ccc2ccccc2c1. The lowest BCUT2D eigenvalue weighted by Crippen LogP contribution is -2.67. The third kappa shape index (κ3) is 3.29. The summed E-state index contributed by atoms with van der Waals surface area (Å²) in [6.07, 6.45) is -0.0561. The van der Waals surface area contributed by atoms with E-state index in [2.05, 4.69) is 11.1 Å². The summed E-state index contributed by atoms with van der Waals surface area (Å²) >= 11 is 0. The molecule has 0 fully saturated rings. The van der Waals surface area contributed by atoms with Crippen LogP contribution in [0.1, 0.15) is 6.42 Å². The monoisotopic (exact) mass is 258 g/mol. The minimum absolute atomic E-state index is 0.0561. The summed E-state index contributed by atoms with van der Waals surface area (Å²) in [6.45, 7) is 0. The van der Waals surface area contributed by atoms with Crippen LogP contribution >= 0.6 is 0 Å². The van der Waals surface area contributed by atoms with Crippen LogP contribution in [0.5, 0.6) is 0 Å². The molecule has 0 aliphatic heterocycles. The predicted molar refractivity (Wildman–Crippen MR) is 73.1 cm³/mol. The average molecular weight is 258 g/mol. The Morgan fingerprint density at radius 3 is 2.53 bits per heavy atom. The highest BCUT2D eigenvalue weighted by Gasteiger charge is 2.19. The zero-order chi connectivity index (χ0) is 13.8. The molecule has 0 saturated carbocycles. The van der Waals surface area contributed by atoms with E-state index < -0.39 is 11.9 Å². The summed E-state index contributed by atoms with van der Waals surface area (Å²) in [5.41, 5.74) is 9.35. The topological polar surface area (TPSA) is 99.8 Å². The highest BCUT2D eigenvalue weighted by molar-refractivity contribution is 5.98. The summed E-state index contributed by atoms with van der Waals surface area (Å²) < 4.78 is 0. The summed E-state index contributed by atoms with van der Waals surface area (Å²) in [5, 5.41) is 4.87. The molecule has 0 heterocycles.